The third-order valence-electron chi connectivity index (χ3n) is 8.46. The quantitative estimate of drug-likeness (QED) is 0.578. The Morgan fingerprint density at radius 2 is 1.96 bits per heavy atom. The van der Waals surface area contributed by atoms with Crippen molar-refractivity contribution in [2.75, 3.05) is 0 Å². The summed E-state index contributed by atoms with van der Waals surface area (Å²) in [6.07, 6.45) is 12.2. The molecule has 3 heteroatoms. The lowest BCUT2D eigenvalue weighted by molar-refractivity contribution is -0.148. The smallest absolute Gasteiger partial charge is 0.302 e. The van der Waals surface area contributed by atoms with Crippen LogP contribution in [0.5, 0.6) is 0 Å². The van der Waals surface area contributed by atoms with E-state index in [-0.39, 0.29) is 12.1 Å². The van der Waals surface area contributed by atoms with Gasteiger partial charge in [0.05, 0.1) is 0 Å². The van der Waals surface area contributed by atoms with Gasteiger partial charge >= 0.3 is 5.97 Å². The van der Waals surface area contributed by atoms with E-state index in [1.807, 2.05) is 0 Å². The van der Waals surface area contributed by atoms with Gasteiger partial charge < -0.3 is 10.5 Å². The highest BCUT2D eigenvalue weighted by atomic mass is 16.5. The monoisotopic (exact) mass is 331 g/mol. The van der Waals surface area contributed by atoms with E-state index >= 15 is 0 Å². The van der Waals surface area contributed by atoms with Gasteiger partial charge in [0.15, 0.2) is 0 Å². The largest absolute Gasteiger partial charge is 0.462 e. The van der Waals surface area contributed by atoms with E-state index in [2.05, 4.69) is 19.9 Å². The van der Waals surface area contributed by atoms with E-state index in [0.29, 0.717) is 16.9 Å². The second-order valence-electron chi connectivity index (χ2n) is 9.46. The number of rotatable bonds is 1. The minimum atomic E-state index is -0.133. The van der Waals surface area contributed by atoms with Crippen molar-refractivity contribution in [1.82, 2.24) is 0 Å². The van der Waals surface area contributed by atoms with Crippen molar-refractivity contribution in [3.8, 4) is 0 Å². The van der Waals surface area contributed by atoms with Gasteiger partial charge in [-0.2, -0.15) is 0 Å². The molecule has 0 bridgehead atoms. The van der Waals surface area contributed by atoms with E-state index in [9.17, 15) is 4.79 Å². The second-order valence-corrected chi connectivity index (χ2v) is 9.46. The molecule has 4 aliphatic carbocycles. The van der Waals surface area contributed by atoms with E-state index in [1.54, 1.807) is 5.57 Å². The molecule has 3 fully saturated rings. The summed E-state index contributed by atoms with van der Waals surface area (Å²) in [7, 11) is 0. The molecule has 2 N–H and O–H groups in total. The second kappa shape index (κ2) is 5.59. The molecule has 0 aliphatic heterocycles. The fourth-order valence-electron chi connectivity index (χ4n) is 7.00. The number of allylic oxidation sites excluding steroid dienone is 1. The van der Waals surface area contributed by atoms with Gasteiger partial charge in [-0.15, -0.1) is 0 Å². The van der Waals surface area contributed by atoms with Crippen molar-refractivity contribution in [1.29, 1.82) is 0 Å². The third-order valence-corrected chi connectivity index (χ3v) is 8.46. The van der Waals surface area contributed by atoms with Gasteiger partial charge in [0.25, 0.3) is 0 Å². The summed E-state index contributed by atoms with van der Waals surface area (Å²) >= 11 is 0. The highest BCUT2D eigenvalue weighted by Gasteiger charge is 2.58. The van der Waals surface area contributed by atoms with E-state index < -0.39 is 0 Å². The molecule has 24 heavy (non-hydrogen) atoms. The SMILES string of the molecule is CC(=O)O[C@H]1CC[C@@]2(C)C(=CCC3C4CCC(N)[C@@]4(C)CCC32)C1. The molecule has 0 aromatic rings. The van der Waals surface area contributed by atoms with E-state index in [0.717, 1.165) is 30.6 Å². The molecule has 0 amide bonds. The zero-order chi connectivity index (χ0) is 17.1. The van der Waals surface area contributed by atoms with Crippen molar-refractivity contribution in [3.63, 3.8) is 0 Å². The van der Waals surface area contributed by atoms with Crippen molar-refractivity contribution in [2.24, 2.45) is 34.3 Å². The topological polar surface area (TPSA) is 52.3 Å². The van der Waals surface area contributed by atoms with Crippen LogP contribution in [0.15, 0.2) is 11.6 Å². The minimum absolute atomic E-state index is 0.104. The Kier molecular flexibility index (Phi) is 3.87. The number of hydrogen-bond acceptors (Lipinski definition) is 3. The Hall–Kier alpha value is -0.830. The summed E-state index contributed by atoms with van der Waals surface area (Å²) in [5.74, 6) is 2.30. The van der Waals surface area contributed by atoms with E-state index in [1.165, 1.54) is 45.4 Å². The van der Waals surface area contributed by atoms with Crippen molar-refractivity contribution >= 4 is 5.97 Å². The molecule has 0 spiro atoms. The zero-order valence-corrected chi connectivity index (χ0v) is 15.5. The molecule has 134 valence electrons. The van der Waals surface area contributed by atoms with Crippen LogP contribution < -0.4 is 5.73 Å². The first-order chi connectivity index (χ1) is 11.3. The lowest BCUT2D eigenvalue weighted by atomic mass is 9.48. The Bertz CT molecular complexity index is 570. The van der Waals surface area contributed by atoms with Gasteiger partial charge in [0.2, 0.25) is 0 Å². The predicted molar refractivity (Wildman–Crippen MR) is 95.2 cm³/mol. The molecule has 4 rings (SSSR count). The van der Waals surface area contributed by atoms with Crippen LogP contribution in [0.4, 0.5) is 0 Å². The van der Waals surface area contributed by atoms with Crippen LogP contribution >= 0.6 is 0 Å². The molecule has 3 nitrogen and oxygen atoms in total. The molecule has 4 unspecified atom stereocenters. The molecular weight excluding hydrogens is 298 g/mol. The van der Waals surface area contributed by atoms with Gasteiger partial charge in [0.1, 0.15) is 6.10 Å². The summed E-state index contributed by atoms with van der Waals surface area (Å²) in [5.41, 5.74) is 8.79. The highest BCUT2D eigenvalue weighted by Crippen LogP contribution is 2.64. The Morgan fingerprint density at radius 3 is 2.71 bits per heavy atom. The molecule has 0 saturated heterocycles. The molecule has 4 aliphatic rings. The minimum Gasteiger partial charge on any atom is -0.462 e. The first-order valence-electron chi connectivity index (χ1n) is 9.97. The highest BCUT2D eigenvalue weighted by molar-refractivity contribution is 5.66. The number of ether oxygens (including phenoxy) is 1. The number of nitrogens with two attached hydrogens (primary N) is 1. The summed E-state index contributed by atoms with van der Waals surface area (Å²) in [5, 5.41) is 0. The van der Waals surface area contributed by atoms with Crippen molar-refractivity contribution in [2.45, 2.75) is 84.3 Å². The van der Waals surface area contributed by atoms with Crippen LogP contribution in [-0.4, -0.2) is 18.1 Å². The molecular formula is C21H33NO2. The summed E-state index contributed by atoms with van der Waals surface area (Å²) in [6.45, 7) is 6.49. The van der Waals surface area contributed by atoms with Crippen LogP contribution in [0.3, 0.4) is 0 Å². The number of esters is 1. The maximum atomic E-state index is 11.3. The van der Waals surface area contributed by atoms with Gasteiger partial charge in [0, 0.05) is 19.4 Å². The summed E-state index contributed by atoms with van der Waals surface area (Å²) in [4.78, 5) is 11.3. The van der Waals surface area contributed by atoms with Crippen molar-refractivity contribution < 1.29 is 9.53 Å². The number of carbonyl (C=O) groups is 1. The summed E-state index contributed by atoms with van der Waals surface area (Å²) < 4.78 is 5.52. The van der Waals surface area contributed by atoms with Gasteiger partial charge in [-0.1, -0.05) is 25.5 Å². The summed E-state index contributed by atoms with van der Waals surface area (Å²) in [6, 6.07) is 0.404. The molecule has 0 heterocycles. The number of carbonyl (C=O) groups excluding carboxylic acids is 1. The normalized spacial score (nSPS) is 50.3. The van der Waals surface area contributed by atoms with Crippen LogP contribution in [0.2, 0.25) is 0 Å². The lowest BCUT2D eigenvalue weighted by Crippen LogP contribution is -2.52. The van der Waals surface area contributed by atoms with Crippen LogP contribution in [-0.2, 0) is 9.53 Å². The fourth-order valence-corrected chi connectivity index (χ4v) is 7.00. The van der Waals surface area contributed by atoms with E-state index in [4.69, 9.17) is 10.5 Å². The number of hydrogen-bond donors (Lipinski definition) is 1. The number of fused-ring (bicyclic) bond motifs is 5. The first kappa shape index (κ1) is 16.6. The Morgan fingerprint density at radius 1 is 1.17 bits per heavy atom. The van der Waals surface area contributed by atoms with Crippen LogP contribution in [0.1, 0.15) is 72.1 Å². The average Bonchev–Trinajstić information content (AvgIpc) is 2.83. The maximum absolute atomic E-state index is 11.3. The average molecular weight is 332 g/mol. The molecule has 0 radical (unpaired) electrons. The predicted octanol–water partition coefficient (Wildman–Crippen LogP) is 4.21. The van der Waals surface area contributed by atoms with Crippen molar-refractivity contribution in [3.05, 3.63) is 11.6 Å². The molecule has 0 aromatic carbocycles. The fraction of sp³-hybridized carbons (Fsp3) is 0.857. The maximum Gasteiger partial charge on any atom is 0.302 e. The Balaban J connectivity index is 1.59. The van der Waals surface area contributed by atoms with Gasteiger partial charge in [-0.05, 0) is 73.5 Å². The standard InChI is InChI=1S/C21H33NO2/c1-13(23)24-15-8-10-20(2)14(12-15)4-5-16-17-6-7-19(22)21(17,3)11-9-18(16)20/h4,15-19H,5-12,22H2,1-3H3/t15-,16?,17?,18?,19?,20-,21-/m0/s1. The molecule has 0 aromatic heterocycles. The van der Waals surface area contributed by atoms with Crippen LogP contribution in [0.25, 0.3) is 0 Å². The zero-order valence-electron chi connectivity index (χ0n) is 15.5. The van der Waals surface area contributed by atoms with Gasteiger partial charge in [-0.3, -0.25) is 4.79 Å². The molecule has 3 saturated carbocycles. The van der Waals surface area contributed by atoms with Gasteiger partial charge in [-0.25, -0.2) is 0 Å². The first-order valence-corrected chi connectivity index (χ1v) is 9.97. The molecule has 7 atom stereocenters. The Labute approximate surface area is 146 Å². The third kappa shape index (κ3) is 2.30. The van der Waals surface area contributed by atoms with Crippen LogP contribution in [0, 0.1) is 28.6 Å². The lowest BCUT2D eigenvalue weighted by Gasteiger charge is -2.57.